The zero-order chi connectivity index (χ0) is 18.9. The fourth-order valence-electron chi connectivity index (χ4n) is 3.59. The number of aryl methyl sites for hydroxylation is 1. The topological polar surface area (TPSA) is 12.4 Å². The van der Waals surface area contributed by atoms with Gasteiger partial charge >= 0.3 is 0 Å². The Bertz CT molecular complexity index is 977. The minimum atomic E-state index is -0.314. The number of hydrogen-bond acceptors (Lipinski definition) is 2. The van der Waals surface area contributed by atoms with Crippen molar-refractivity contribution in [1.82, 2.24) is 0 Å². The second-order valence-electron chi connectivity index (χ2n) is 6.92. The molecule has 0 aromatic heterocycles. The molecule has 0 atom stereocenters. The van der Waals surface area contributed by atoms with Gasteiger partial charge in [0.1, 0.15) is 5.04 Å². The smallest absolute Gasteiger partial charge is 0.101 e. The molecule has 1 nitrogen and oxygen atoms in total. The average Bonchev–Trinajstić information content (AvgIpc) is 2.73. The lowest BCUT2D eigenvalue weighted by Crippen LogP contribution is -2.30. The molecule has 0 unspecified atom stereocenters. The molecule has 134 valence electrons. The minimum absolute atomic E-state index is 0.314. The summed E-state index contributed by atoms with van der Waals surface area (Å²) in [6.45, 7) is 6.38. The maximum atomic E-state index is 5.01. The number of benzene rings is 3. The Balaban J connectivity index is 2.09. The number of nitrogens with zero attached hydrogens (tertiary/aromatic N) is 1. The molecule has 0 saturated carbocycles. The maximum absolute atomic E-state index is 5.01. The molecule has 0 aliphatic carbocycles. The fourth-order valence-corrected chi connectivity index (χ4v) is 5.09. The van der Waals surface area contributed by atoms with Gasteiger partial charge in [0.15, 0.2) is 0 Å². The molecule has 27 heavy (non-hydrogen) atoms. The Hall–Kier alpha value is -2.58. The highest BCUT2D eigenvalue weighted by Crippen LogP contribution is 2.55. The Labute approximate surface area is 165 Å². The van der Waals surface area contributed by atoms with Gasteiger partial charge in [0.25, 0.3) is 0 Å². The molecule has 0 spiro atoms. The van der Waals surface area contributed by atoms with E-state index in [1.54, 1.807) is 0 Å². The molecule has 0 bridgehead atoms. The number of rotatable bonds is 3. The number of aliphatic imine (C=N–C) groups is 1. The van der Waals surface area contributed by atoms with Crippen molar-refractivity contribution in [3.8, 4) is 0 Å². The van der Waals surface area contributed by atoms with Crippen molar-refractivity contribution in [2.45, 2.75) is 25.5 Å². The lowest BCUT2D eigenvalue weighted by atomic mass is 9.82. The number of fused-ring (bicyclic) bond motifs is 1. The Morgan fingerprint density at radius 3 is 2.04 bits per heavy atom. The summed E-state index contributed by atoms with van der Waals surface area (Å²) < 4.78 is -0.314. The van der Waals surface area contributed by atoms with Crippen molar-refractivity contribution in [1.29, 1.82) is 0 Å². The van der Waals surface area contributed by atoms with E-state index in [1.165, 1.54) is 27.8 Å². The molecule has 1 heterocycles. The largest absolute Gasteiger partial charge is 0.241 e. The number of allylic oxidation sites excluding steroid dienone is 1. The molecule has 0 saturated heterocycles. The summed E-state index contributed by atoms with van der Waals surface area (Å²) in [5.74, 6) is 0. The number of thioether (sulfide) groups is 1. The summed E-state index contributed by atoms with van der Waals surface area (Å²) >= 11 is 1.85. The van der Waals surface area contributed by atoms with Crippen LogP contribution in [0.25, 0.3) is 0 Å². The lowest BCUT2D eigenvalue weighted by molar-refractivity contribution is 0.894. The SMILES string of the molecule is C/C=C(/C)C1=Nc2ccc(C)cc2C(c2ccccc2)(c2ccccc2)S1. The first-order valence-electron chi connectivity index (χ1n) is 9.28. The van der Waals surface area contributed by atoms with E-state index >= 15 is 0 Å². The van der Waals surface area contributed by atoms with Crippen LogP contribution >= 0.6 is 11.8 Å². The van der Waals surface area contributed by atoms with Crippen molar-refractivity contribution in [2.24, 2.45) is 4.99 Å². The quantitative estimate of drug-likeness (QED) is 0.483. The van der Waals surface area contributed by atoms with Gasteiger partial charge in [-0.15, -0.1) is 0 Å². The second-order valence-corrected chi connectivity index (χ2v) is 8.13. The van der Waals surface area contributed by atoms with Crippen LogP contribution in [0, 0.1) is 6.92 Å². The highest BCUT2D eigenvalue weighted by molar-refractivity contribution is 8.15. The van der Waals surface area contributed by atoms with E-state index in [2.05, 4.69) is 106 Å². The summed E-state index contributed by atoms with van der Waals surface area (Å²) in [7, 11) is 0. The molecule has 2 heteroatoms. The van der Waals surface area contributed by atoms with E-state index in [0.29, 0.717) is 0 Å². The van der Waals surface area contributed by atoms with Gasteiger partial charge < -0.3 is 0 Å². The van der Waals surface area contributed by atoms with Crippen molar-refractivity contribution in [3.63, 3.8) is 0 Å². The zero-order valence-corrected chi connectivity index (χ0v) is 16.8. The van der Waals surface area contributed by atoms with Crippen LogP contribution in [0.4, 0.5) is 5.69 Å². The van der Waals surface area contributed by atoms with Crippen LogP contribution in [-0.4, -0.2) is 5.04 Å². The highest BCUT2D eigenvalue weighted by atomic mass is 32.2. The number of hydrogen-bond donors (Lipinski definition) is 0. The van der Waals surface area contributed by atoms with Gasteiger partial charge in [-0.3, -0.25) is 0 Å². The summed E-state index contributed by atoms with van der Waals surface area (Å²) in [4.78, 5) is 5.01. The van der Waals surface area contributed by atoms with E-state index in [-0.39, 0.29) is 4.75 Å². The highest BCUT2D eigenvalue weighted by Gasteiger charge is 2.42. The van der Waals surface area contributed by atoms with Gasteiger partial charge in [0.2, 0.25) is 0 Å². The molecule has 0 amide bonds. The van der Waals surface area contributed by atoms with E-state index in [9.17, 15) is 0 Å². The third-order valence-electron chi connectivity index (χ3n) is 5.13. The van der Waals surface area contributed by atoms with Crippen molar-refractivity contribution < 1.29 is 0 Å². The van der Waals surface area contributed by atoms with Crippen LogP contribution in [0.15, 0.2) is 95.5 Å². The monoisotopic (exact) mass is 369 g/mol. The predicted molar refractivity (Wildman–Crippen MR) is 118 cm³/mol. The van der Waals surface area contributed by atoms with E-state index < -0.39 is 0 Å². The molecule has 3 aromatic carbocycles. The average molecular weight is 370 g/mol. The second kappa shape index (κ2) is 7.21. The van der Waals surface area contributed by atoms with E-state index in [4.69, 9.17) is 4.99 Å². The van der Waals surface area contributed by atoms with Crippen LogP contribution in [0.2, 0.25) is 0 Å². The first-order chi connectivity index (χ1) is 13.1. The molecule has 0 radical (unpaired) electrons. The molecule has 0 N–H and O–H groups in total. The van der Waals surface area contributed by atoms with Gasteiger partial charge in [-0.2, -0.15) is 0 Å². The van der Waals surface area contributed by atoms with Gasteiger partial charge in [0.05, 0.1) is 10.4 Å². The summed E-state index contributed by atoms with van der Waals surface area (Å²) in [5.41, 5.74) is 7.35. The normalized spacial score (nSPS) is 15.8. The molecule has 1 aliphatic heterocycles. The first kappa shape index (κ1) is 17.8. The van der Waals surface area contributed by atoms with Crippen LogP contribution in [-0.2, 0) is 4.75 Å². The summed E-state index contributed by atoms with van der Waals surface area (Å²) in [6.07, 6.45) is 2.14. The molecule has 4 rings (SSSR count). The molecule has 1 aliphatic rings. The molecule has 0 fully saturated rings. The maximum Gasteiger partial charge on any atom is 0.101 e. The van der Waals surface area contributed by atoms with Gasteiger partial charge in [-0.1, -0.05) is 96.2 Å². The molecular weight excluding hydrogens is 346 g/mol. The van der Waals surface area contributed by atoms with Crippen molar-refractivity contribution in [3.05, 3.63) is 113 Å². The Morgan fingerprint density at radius 2 is 1.48 bits per heavy atom. The third-order valence-corrected chi connectivity index (χ3v) is 6.74. The summed E-state index contributed by atoms with van der Waals surface area (Å²) in [5, 5.41) is 1.08. The fraction of sp³-hybridized carbons (Fsp3) is 0.160. The van der Waals surface area contributed by atoms with Crippen LogP contribution in [0.3, 0.4) is 0 Å². The van der Waals surface area contributed by atoms with Crippen molar-refractivity contribution in [2.75, 3.05) is 0 Å². The minimum Gasteiger partial charge on any atom is -0.241 e. The van der Waals surface area contributed by atoms with Gasteiger partial charge in [0, 0.05) is 5.56 Å². The Kier molecular flexibility index (Phi) is 4.75. The van der Waals surface area contributed by atoms with E-state index in [0.717, 1.165) is 10.7 Å². The third kappa shape index (κ3) is 3.04. The van der Waals surface area contributed by atoms with Gasteiger partial charge in [-0.05, 0) is 43.5 Å². The van der Waals surface area contributed by atoms with Crippen LogP contribution < -0.4 is 0 Å². The first-order valence-corrected chi connectivity index (χ1v) is 10.1. The molecule has 3 aromatic rings. The predicted octanol–water partition coefficient (Wildman–Crippen LogP) is 7.03. The van der Waals surface area contributed by atoms with Crippen molar-refractivity contribution >= 4 is 22.5 Å². The van der Waals surface area contributed by atoms with Crippen LogP contribution in [0.1, 0.15) is 36.1 Å². The zero-order valence-electron chi connectivity index (χ0n) is 15.9. The summed E-state index contributed by atoms with van der Waals surface area (Å²) in [6, 6.07) is 28.2. The van der Waals surface area contributed by atoms with Gasteiger partial charge in [-0.25, -0.2) is 4.99 Å². The molecular formula is C25H23NS. The van der Waals surface area contributed by atoms with Crippen LogP contribution in [0.5, 0.6) is 0 Å². The Morgan fingerprint density at radius 1 is 0.889 bits per heavy atom. The lowest BCUT2D eigenvalue weighted by Gasteiger charge is -2.39. The standard InChI is InChI=1S/C25H23NS/c1-4-19(3)24-26-23-16-15-18(2)17-22(23)25(27-24,20-11-7-5-8-12-20)21-13-9-6-10-14-21/h4-17H,1-3H3/b19-4-. The van der Waals surface area contributed by atoms with E-state index in [1.807, 2.05) is 11.8 Å².